The lowest BCUT2D eigenvalue weighted by Gasteiger charge is -2.52. The quantitative estimate of drug-likeness (QED) is 0.585. The number of amides is 3. The van der Waals surface area contributed by atoms with Gasteiger partial charge in [0.1, 0.15) is 18.2 Å². The van der Waals surface area contributed by atoms with E-state index in [1.165, 1.54) is 0 Å². The van der Waals surface area contributed by atoms with Crippen molar-refractivity contribution >= 4 is 17.9 Å². The number of hydrogen-bond acceptors (Lipinski definition) is 5. The zero-order valence-electron chi connectivity index (χ0n) is 19.4. The van der Waals surface area contributed by atoms with Crippen molar-refractivity contribution in [1.29, 1.82) is 0 Å². The van der Waals surface area contributed by atoms with E-state index in [1.807, 2.05) is 60.7 Å². The Morgan fingerprint density at radius 1 is 1.03 bits per heavy atom. The fourth-order valence-electron chi connectivity index (χ4n) is 4.48. The monoisotopic (exact) mass is 465 g/mol. The van der Waals surface area contributed by atoms with Crippen molar-refractivity contribution in [3.8, 4) is 0 Å². The SMILES string of the molecule is C[C@@H](OCc1ccccc1)[C@H](NC(=O)OCc1ccccc1)C(=O)N1CCCCC12CNC2=O. The minimum atomic E-state index is -0.990. The van der Waals surface area contributed by atoms with Gasteiger partial charge >= 0.3 is 6.09 Å². The Morgan fingerprint density at radius 2 is 1.68 bits per heavy atom. The van der Waals surface area contributed by atoms with E-state index in [1.54, 1.807) is 11.8 Å². The summed E-state index contributed by atoms with van der Waals surface area (Å²) in [5.41, 5.74) is 0.970. The van der Waals surface area contributed by atoms with Crippen molar-refractivity contribution in [2.24, 2.45) is 0 Å². The second-order valence-electron chi connectivity index (χ2n) is 8.85. The van der Waals surface area contributed by atoms with E-state index in [-0.39, 0.29) is 25.0 Å². The lowest BCUT2D eigenvalue weighted by atomic mass is 9.80. The molecule has 0 aromatic heterocycles. The predicted octanol–water partition coefficient (Wildman–Crippen LogP) is 2.77. The molecule has 2 aromatic rings. The summed E-state index contributed by atoms with van der Waals surface area (Å²) in [5, 5.41) is 5.48. The van der Waals surface area contributed by atoms with Gasteiger partial charge in [-0.25, -0.2) is 4.79 Å². The van der Waals surface area contributed by atoms with Gasteiger partial charge in [-0.3, -0.25) is 9.59 Å². The normalized spacial score (nSPS) is 21.2. The molecule has 180 valence electrons. The first kappa shape index (κ1) is 23.8. The number of hydrogen-bond donors (Lipinski definition) is 2. The number of rotatable bonds is 8. The fraction of sp³-hybridized carbons (Fsp3) is 0.423. The molecular weight excluding hydrogens is 434 g/mol. The fourth-order valence-corrected chi connectivity index (χ4v) is 4.48. The van der Waals surface area contributed by atoms with Crippen molar-refractivity contribution < 1.29 is 23.9 Å². The predicted molar refractivity (Wildman–Crippen MR) is 126 cm³/mol. The van der Waals surface area contributed by atoms with Gasteiger partial charge in [-0.1, -0.05) is 60.7 Å². The average molecular weight is 466 g/mol. The molecule has 2 heterocycles. The van der Waals surface area contributed by atoms with Gasteiger partial charge in [0.05, 0.1) is 12.7 Å². The van der Waals surface area contributed by atoms with Crippen LogP contribution in [0.3, 0.4) is 0 Å². The maximum Gasteiger partial charge on any atom is 0.408 e. The van der Waals surface area contributed by atoms with E-state index in [2.05, 4.69) is 10.6 Å². The molecule has 0 saturated carbocycles. The van der Waals surface area contributed by atoms with Crippen molar-refractivity contribution in [1.82, 2.24) is 15.5 Å². The van der Waals surface area contributed by atoms with Crippen LogP contribution in [0.5, 0.6) is 0 Å². The molecule has 0 aliphatic carbocycles. The molecule has 1 spiro atoms. The van der Waals surface area contributed by atoms with Crippen LogP contribution in [0.4, 0.5) is 4.79 Å². The third-order valence-electron chi connectivity index (χ3n) is 6.55. The van der Waals surface area contributed by atoms with Crippen LogP contribution in [-0.2, 0) is 32.3 Å². The molecule has 2 aliphatic rings. The molecule has 3 amide bonds. The topological polar surface area (TPSA) is 97.0 Å². The van der Waals surface area contributed by atoms with E-state index in [0.29, 0.717) is 19.5 Å². The van der Waals surface area contributed by atoms with Gasteiger partial charge in [-0.2, -0.15) is 0 Å². The summed E-state index contributed by atoms with van der Waals surface area (Å²) in [6.45, 7) is 3.03. The van der Waals surface area contributed by atoms with Crippen LogP contribution in [0.25, 0.3) is 0 Å². The summed E-state index contributed by atoms with van der Waals surface area (Å²) in [5.74, 6) is -0.462. The highest BCUT2D eigenvalue weighted by Crippen LogP contribution is 2.33. The van der Waals surface area contributed by atoms with Crippen LogP contribution in [-0.4, -0.2) is 53.6 Å². The lowest BCUT2D eigenvalue weighted by molar-refractivity contribution is -0.162. The van der Waals surface area contributed by atoms with Crippen molar-refractivity contribution in [3.63, 3.8) is 0 Å². The molecule has 0 radical (unpaired) electrons. The Balaban J connectivity index is 1.47. The molecule has 2 N–H and O–H groups in total. The average Bonchev–Trinajstić information content (AvgIpc) is 2.89. The van der Waals surface area contributed by atoms with Gasteiger partial charge in [-0.05, 0) is 37.3 Å². The largest absolute Gasteiger partial charge is 0.445 e. The molecule has 2 aromatic carbocycles. The van der Waals surface area contributed by atoms with E-state index < -0.39 is 23.8 Å². The molecule has 8 heteroatoms. The van der Waals surface area contributed by atoms with Crippen LogP contribution in [0.1, 0.15) is 37.3 Å². The molecular formula is C26H31N3O5. The molecule has 2 saturated heterocycles. The summed E-state index contributed by atoms with van der Waals surface area (Å²) in [7, 11) is 0. The van der Waals surface area contributed by atoms with Gasteiger partial charge in [0, 0.05) is 13.1 Å². The second kappa shape index (κ2) is 10.7. The van der Waals surface area contributed by atoms with E-state index in [0.717, 1.165) is 24.0 Å². The second-order valence-corrected chi connectivity index (χ2v) is 8.85. The molecule has 2 aliphatic heterocycles. The van der Waals surface area contributed by atoms with Gasteiger partial charge in [0.25, 0.3) is 0 Å². The van der Waals surface area contributed by atoms with Crippen LogP contribution >= 0.6 is 0 Å². The number of likely N-dealkylation sites (tertiary alicyclic amines) is 1. The number of piperidine rings is 1. The number of ether oxygens (including phenoxy) is 2. The van der Waals surface area contributed by atoms with Crippen LogP contribution in [0, 0.1) is 0 Å². The molecule has 0 bridgehead atoms. The zero-order chi connectivity index (χ0) is 24.0. The summed E-state index contributed by atoms with van der Waals surface area (Å²) in [4.78, 5) is 40.5. The van der Waals surface area contributed by atoms with Crippen LogP contribution in [0.15, 0.2) is 60.7 Å². The zero-order valence-corrected chi connectivity index (χ0v) is 19.4. The van der Waals surface area contributed by atoms with Crippen LogP contribution in [0.2, 0.25) is 0 Å². The standard InChI is InChI=1S/C26H31N3O5/c1-19(33-16-20-10-4-2-5-11-20)22(28-25(32)34-17-21-12-6-3-7-13-21)23(30)29-15-9-8-14-26(29)18-27-24(26)31/h2-7,10-13,19,22H,8-9,14-18H2,1H3,(H,27,31)(H,28,32)/t19-,22+,26?/m1/s1. The summed E-state index contributed by atoms with van der Waals surface area (Å²) in [6.07, 6.45) is 0.967. The Hall–Kier alpha value is -3.39. The first-order chi connectivity index (χ1) is 16.5. The van der Waals surface area contributed by atoms with E-state index in [4.69, 9.17) is 9.47 Å². The number of β-lactam (4-membered cyclic amide) rings is 1. The number of nitrogens with one attached hydrogen (secondary N) is 2. The maximum absolute atomic E-state index is 13.7. The number of carbonyl (C=O) groups excluding carboxylic acids is 3. The number of nitrogens with zero attached hydrogens (tertiary/aromatic N) is 1. The number of benzene rings is 2. The molecule has 3 atom stereocenters. The van der Waals surface area contributed by atoms with Crippen molar-refractivity contribution in [2.75, 3.05) is 13.1 Å². The molecule has 2 fully saturated rings. The maximum atomic E-state index is 13.7. The minimum absolute atomic E-state index is 0.0862. The van der Waals surface area contributed by atoms with Crippen molar-refractivity contribution in [2.45, 2.75) is 57.1 Å². The number of carbonyl (C=O) groups is 3. The van der Waals surface area contributed by atoms with Gasteiger partial charge in [-0.15, -0.1) is 0 Å². The highest BCUT2D eigenvalue weighted by Gasteiger charge is 2.55. The Labute approximate surface area is 199 Å². The highest BCUT2D eigenvalue weighted by molar-refractivity contribution is 5.98. The smallest absolute Gasteiger partial charge is 0.408 e. The molecule has 8 nitrogen and oxygen atoms in total. The van der Waals surface area contributed by atoms with E-state index in [9.17, 15) is 14.4 Å². The van der Waals surface area contributed by atoms with Crippen molar-refractivity contribution in [3.05, 3.63) is 71.8 Å². The first-order valence-corrected chi connectivity index (χ1v) is 11.7. The first-order valence-electron chi connectivity index (χ1n) is 11.7. The Morgan fingerprint density at radius 3 is 2.26 bits per heavy atom. The summed E-state index contributed by atoms with van der Waals surface area (Å²) < 4.78 is 11.4. The highest BCUT2D eigenvalue weighted by atomic mass is 16.5. The molecule has 4 rings (SSSR count). The Kier molecular flexibility index (Phi) is 7.47. The third-order valence-corrected chi connectivity index (χ3v) is 6.55. The van der Waals surface area contributed by atoms with E-state index >= 15 is 0 Å². The molecule has 34 heavy (non-hydrogen) atoms. The molecule has 1 unspecified atom stereocenters. The van der Waals surface area contributed by atoms with Crippen LogP contribution < -0.4 is 10.6 Å². The lowest BCUT2D eigenvalue weighted by Crippen LogP contribution is -2.76. The Bertz CT molecular complexity index is 1000. The third kappa shape index (κ3) is 5.22. The number of alkyl carbamates (subject to hydrolysis) is 1. The summed E-state index contributed by atoms with van der Waals surface area (Å²) >= 11 is 0. The summed E-state index contributed by atoms with van der Waals surface area (Å²) in [6, 6.07) is 17.9. The van der Waals surface area contributed by atoms with Gasteiger partial charge in [0.2, 0.25) is 11.8 Å². The van der Waals surface area contributed by atoms with Gasteiger partial charge in [0.15, 0.2) is 0 Å². The van der Waals surface area contributed by atoms with Gasteiger partial charge < -0.3 is 25.0 Å². The minimum Gasteiger partial charge on any atom is -0.445 e.